The number of carbonyl (C=O) groups is 1. The molecule has 1 N–H and O–H groups in total. The van der Waals surface area contributed by atoms with Crippen LogP contribution in [0.1, 0.15) is 17.5 Å². The minimum absolute atomic E-state index is 0.00568. The van der Waals surface area contributed by atoms with Crippen LogP contribution in [0.15, 0.2) is 24.3 Å². The first-order chi connectivity index (χ1) is 7.24. The zero-order chi connectivity index (χ0) is 11.1. The van der Waals surface area contributed by atoms with Gasteiger partial charge in [-0.25, -0.2) is 0 Å². The van der Waals surface area contributed by atoms with Crippen molar-refractivity contribution in [3.63, 3.8) is 0 Å². The Bertz CT molecular complexity index is 402. The zero-order valence-corrected chi connectivity index (χ0v) is 8.92. The number of hydrogen-bond donors (Lipinski definition) is 1. The van der Waals surface area contributed by atoms with E-state index in [0.29, 0.717) is 12.3 Å². The maximum atomic E-state index is 10.6. The number of aliphatic carboxylic acids is 1. The highest BCUT2D eigenvalue weighted by Gasteiger charge is 2.03. The fraction of sp³-hybridized carbons (Fsp3) is 0.250. The predicted molar refractivity (Wildman–Crippen MR) is 60.0 cm³/mol. The van der Waals surface area contributed by atoms with E-state index in [4.69, 9.17) is 16.7 Å². The summed E-state index contributed by atoms with van der Waals surface area (Å²) in [7, 11) is 0. The van der Waals surface area contributed by atoms with Crippen LogP contribution >= 0.6 is 11.6 Å². The second-order valence-electron chi connectivity index (χ2n) is 2.97. The molecule has 15 heavy (non-hydrogen) atoms. The molecule has 1 rings (SSSR count). The summed E-state index contributed by atoms with van der Waals surface area (Å²) in [6, 6.07) is 7.25. The van der Waals surface area contributed by atoms with E-state index in [1.54, 1.807) is 6.07 Å². The average molecular weight is 223 g/mol. The van der Waals surface area contributed by atoms with Crippen molar-refractivity contribution < 1.29 is 9.90 Å². The molecule has 0 aliphatic heterocycles. The Morgan fingerprint density at radius 1 is 1.40 bits per heavy atom. The largest absolute Gasteiger partial charge is 0.481 e. The SMILES string of the molecule is O=C(O)Cc1ccccc1C#CCCCl. The number of benzene rings is 1. The Kier molecular flexibility index (Phi) is 4.73. The molecule has 0 bridgehead atoms. The zero-order valence-electron chi connectivity index (χ0n) is 8.16. The third-order valence-corrected chi connectivity index (χ3v) is 1.99. The summed E-state index contributed by atoms with van der Waals surface area (Å²) in [5, 5.41) is 8.69. The average Bonchev–Trinajstić information content (AvgIpc) is 2.20. The molecule has 0 saturated heterocycles. The van der Waals surface area contributed by atoms with Crippen molar-refractivity contribution >= 4 is 17.6 Å². The van der Waals surface area contributed by atoms with Crippen molar-refractivity contribution in [3.05, 3.63) is 35.4 Å². The van der Waals surface area contributed by atoms with Crippen LogP contribution in [-0.4, -0.2) is 17.0 Å². The van der Waals surface area contributed by atoms with Gasteiger partial charge in [0.1, 0.15) is 0 Å². The molecule has 3 heteroatoms. The minimum Gasteiger partial charge on any atom is -0.481 e. The summed E-state index contributed by atoms with van der Waals surface area (Å²) in [5.74, 6) is 5.46. The molecule has 0 aromatic heterocycles. The maximum Gasteiger partial charge on any atom is 0.307 e. The predicted octanol–water partition coefficient (Wildman–Crippen LogP) is 2.29. The van der Waals surface area contributed by atoms with Crippen molar-refractivity contribution in [1.29, 1.82) is 0 Å². The van der Waals surface area contributed by atoms with Gasteiger partial charge in [0, 0.05) is 17.9 Å². The van der Waals surface area contributed by atoms with Gasteiger partial charge in [-0.2, -0.15) is 0 Å². The van der Waals surface area contributed by atoms with Gasteiger partial charge in [0.2, 0.25) is 0 Å². The molecule has 0 radical (unpaired) electrons. The van der Waals surface area contributed by atoms with E-state index >= 15 is 0 Å². The van der Waals surface area contributed by atoms with Gasteiger partial charge >= 0.3 is 5.97 Å². The van der Waals surface area contributed by atoms with Crippen molar-refractivity contribution in [1.82, 2.24) is 0 Å². The molecule has 1 aromatic carbocycles. The molecule has 0 amide bonds. The Labute approximate surface area is 93.9 Å². The van der Waals surface area contributed by atoms with Crippen LogP contribution in [-0.2, 0) is 11.2 Å². The Morgan fingerprint density at radius 3 is 2.80 bits per heavy atom. The molecule has 0 fully saturated rings. The molecule has 1 aromatic rings. The molecular weight excluding hydrogens is 212 g/mol. The summed E-state index contributed by atoms with van der Waals surface area (Å²) in [6.07, 6.45) is 0.620. The van der Waals surface area contributed by atoms with E-state index in [2.05, 4.69) is 11.8 Å². The van der Waals surface area contributed by atoms with Gasteiger partial charge in [-0.1, -0.05) is 30.0 Å². The third-order valence-electron chi connectivity index (χ3n) is 1.80. The lowest BCUT2D eigenvalue weighted by Crippen LogP contribution is -2.01. The highest BCUT2D eigenvalue weighted by molar-refractivity contribution is 6.18. The molecule has 2 nitrogen and oxygen atoms in total. The van der Waals surface area contributed by atoms with E-state index in [9.17, 15) is 4.79 Å². The number of carboxylic acid groups (broad SMARTS) is 1. The normalized spacial score (nSPS) is 9.13. The van der Waals surface area contributed by atoms with E-state index in [1.807, 2.05) is 18.2 Å². The summed E-state index contributed by atoms with van der Waals surface area (Å²) in [6.45, 7) is 0. The molecular formula is C12H11ClO2. The van der Waals surface area contributed by atoms with E-state index in [-0.39, 0.29) is 6.42 Å². The molecule has 78 valence electrons. The van der Waals surface area contributed by atoms with Crippen LogP contribution in [0, 0.1) is 11.8 Å². The number of carboxylic acids is 1. The summed E-state index contributed by atoms with van der Waals surface area (Å²) in [4.78, 5) is 10.6. The monoisotopic (exact) mass is 222 g/mol. The number of halogens is 1. The Hall–Kier alpha value is -1.46. The smallest absolute Gasteiger partial charge is 0.307 e. The highest BCUT2D eigenvalue weighted by Crippen LogP contribution is 2.08. The van der Waals surface area contributed by atoms with E-state index in [0.717, 1.165) is 11.1 Å². The van der Waals surface area contributed by atoms with Crippen LogP contribution in [0.2, 0.25) is 0 Å². The van der Waals surface area contributed by atoms with Crippen LogP contribution in [0.4, 0.5) is 0 Å². The molecule has 0 aliphatic rings. The van der Waals surface area contributed by atoms with Crippen molar-refractivity contribution in [2.45, 2.75) is 12.8 Å². The first-order valence-electron chi connectivity index (χ1n) is 4.58. The number of alkyl halides is 1. The molecule has 0 heterocycles. The quantitative estimate of drug-likeness (QED) is 0.630. The fourth-order valence-corrected chi connectivity index (χ4v) is 1.26. The van der Waals surface area contributed by atoms with E-state index < -0.39 is 5.97 Å². The second kappa shape index (κ2) is 6.10. The van der Waals surface area contributed by atoms with Gasteiger partial charge in [-0.05, 0) is 11.6 Å². The molecule has 0 unspecified atom stereocenters. The maximum absolute atomic E-state index is 10.6. The summed E-state index contributed by atoms with van der Waals surface area (Å²) in [5.41, 5.74) is 1.51. The van der Waals surface area contributed by atoms with E-state index in [1.165, 1.54) is 0 Å². The molecule has 0 atom stereocenters. The van der Waals surface area contributed by atoms with Crippen LogP contribution in [0.5, 0.6) is 0 Å². The fourth-order valence-electron chi connectivity index (χ4n) is 1.16. The first-order valence-corrected chi connectivity index (χ1v) is 5.12. The minimum atomic E-state index is -0.846. The van der Waals surface area contributed by atoms with Crippen molar-refractivity contribution in [2.75, 3.05) is 5.88 Å². The van der Waals surface area contributed by atoms with Crippen LogP contribution in [0.25, 0.3) is 0 Å². The lowest BCUT2D eigenvalue weighted by atomic mass is 10.1. The number of rotatable bonds is 3. The van der Waals surface area contributed by atoms with Gasteiger partial charge in [-0.15, -0.1) is 11.6 Å². The van der Waals surface area contributed by atoms with Crippen LogP contribution in [0.3, 0.4) is 0 Å². The molecule has 0 spiro atoms. The standard InChI is InChI=1S/C12H11ClO2/c13-8-4-3-6-10-5-1-2-7-11(10)9-12(14)15/h1-2,5,7H,4,8-9H2,(H,14,15). The molecule has 0 aliphatic carbocycles. The van der Waals surface area contributed by atoms with Gasteiger partial charge in [0.15, 0.2) is 0 Å². The lowest BCUT2D eigenvalue weighted by Gasteiger charge is -1.99. The van der Waals surface area contributed by atoms with Crippen molar-refractivity contribution in [3.8, 4) is 11.8 Å². The Balaban J connectivity index is 2.87. The van der Waals surface area contributed by atoms with Gasteiger partial charge in [0.05, 0.1) is 6.42 Å². The molecule has 0 saturated carbocycles. The lowest BCUT2D eigenvalue weighted by molar-refractivity contribution is -0.136. The van der Waals surface area contributed by atoms with Gasteiger partial charge in [0.25, 0.3) is 0 Å². The van der Waals surface area contributed by atoms with Crippen LogP contribution < -0.4 is 0 Å². The van der Waals surface area contributed by atoms with Gasteiger partial charge < -0.3 is 5.11 Å². The summed E-state index contributed by atoms with van der Waals surface area (Å²) < 4.78 is 0. The van der Waals surface area contributed by atoms with Gasteiger partial charge in [-0.3, -0.25) is 4.79 Å². The third kappa shape index (κ3) is 4.05. The number of hydrogen-bond acceptors (Lipinski definition) is 1. The Morgan fingerprint density at radius 2 is 2.13 bits per heavy atom. The highest BCUT2D eigenvalue weighted by atomic mass is 35.5. The second-order valence-corrected chi connectivity index (χ2v) is 3.35. The first kappa shape index (κ1) is 11.6. The van der Waals surface area contributed by atoms with Crippen molar-refractivity contribution in [2.24, 2.45) is 0 Å². The topological polar surface area (TPSA) is 37.3 Å². The summed E-state index contributed by atoms with van der Waals surface area (Å²) >= 11 is 5.50.